The van der Waals surface area contributed by atoms with Gasteiger partial charge in [0.1, 0.15) is 0 Å². The topological polar surface area (TPSA) is 12.9 Å². The van der Waals surface area contributed by atoms with Crippen molar-refractivity contribution in [3.63, 3.8) is 0 Å². The van der Waals surface area contributed by atoms with E-state index in [1.165, 1.54) is 16.1 Å². The third-order valence-electron chi connectivity index (χ3n) is 1.75. The van der Waals surface area contributed by atoms with E-state index in [0.29, 0.717) is 0 Å². The fourth-order valence-electron chi connectivity index (χ4n) is 1.17. The standard InChI is InChI=1S/C8H13NS/c1-4-7-6(3)10-9-8(7)5-2/h4-5H2,1-3H3. The van der Waals surface area contributed by atoms with Gasteiger partial charge in [0.25, 0.3) is 0 Å². The summed E-state index contributed by atoms with van der Waals surface area (Å²) in [5.41, 5.74) is 2.76. The van der Waals surface area contributed by atoms with Gasteiger partial charge < -0.3 is 0 Å². The van der Waals surface area contributed by atoms with Gasteiger partial charge in [0, 0.05) is 4.88 Å². The molecule has 0 saturated carbocycles. The van der Waals surface area contributed by atoms with E-state index in [1.54, 1.807) is 11.5 Å². The van der Waals surface area contributed by atoms with Crippen LogP contribution in [0.4, 0.5) is 0 Å². The van der Waals surface area contributed by atoms with E-state index in [1.807, 2.05) is 0 Å². The number of hydrogen-bond donors (Lipinski definition) is 0. The minimum atomic E-state index is 1.08. The highest BCUT2D eigenvalue weighted by Crippen LogP contribution is 2.18. The van der Waals surface area contributed by atoms with Gasteiger partial charge >= 0.3 is 0 Å². The van der Waals surface area contributed by atoms with Crippen molar-refractivity contribution in [1.82, 2.24) is 4.37 Å². The van der Waals surface area contributed by atoms with E-state index in [-0.39, 0.29) is 0 Å². The molecule has 0 saturated heterocycles. The lowest BCUT2D eigenvalue weighted by Gasteiger charge is -1.94. The first-order valence-electron chi connectivity index (χ1n) is 3.73. The molecule has 0 aliphatic rings. The van der Waals surface area contributed by atoms with Crippen molar-refractivity contribution in [3.8, 4) is 0 Å². The van der Waals surface area contributed by atoms with Crippen LogP contribution in [0.1, 0.15) is 30.0 Å². The summed E-state index contributed by atoms with van der Waals surface area (Å²) >= 11 is 1.63. The van der Waals surface area contributed by atoms with Crippen LogP contribution in [-0.2, 0) is 12.8 Å². The van der Waals surface area contributed by atoms with Crippen molar-refractivity contribution < 1.29 is 0 Å². The zero-order chi connectivity index (χ0) is 7.56. The molecule has 1 nitrogen and oxygen atoms in total. The molecular weight excluding hydrogens is 142 g/mol. The van der Waals surface area contributed by atoms with Crippen LogP contribution < -0.4 is 0 Å². The predicted octanol–water partition coefficient (Wildman–Crippen LogP) is 2.58. The molecule has 1 aromatic heterocycles. The van der Waals surface area contributed by atoms with Gasteiger partial charge in [-0.05, 0) is 36.9 Å². The second kappa shape index (κ2) is 3.15. The summed E-state index contributed by atoms with van der Waals surface area (Å²) in [4.78, 5) is 1.39. The Hall–Kier alpha value is -0.370. The molecule has 0 N–H and O–H groups in total. The molecule has 0 aliphatic carbocycles. The lowest BCUT2D eigenvalue weighted by Crippen LogP contribution is -1.87. The predicted molar refractivity (Wildman–Crippen MR) is 45.6 cm³/mol. The maximum Gasteiger partial charge on any atom is 0.0574 e. The first-order chi connectivity index (χ1) is 4.79. The van der Waals surface area contributed by atoms with Crippen LogP contribution in [-0.4, -0.2) is 4.37 Å². The number of aromatic nitrogens is 1. The van der Waals surface area contributed by atoms with Crippen LogP contribution in [0.2, 0.25) is 0 Å². The van der Waals surface area contributed by atoms with E-state index in [9.17, 15) is 0 Å². The molecule has 0 unspecified atom stereocenters. The molecule has 1 rings (SSSR count). The molecule has 0 aromatic carbocycles. The van der Waals surface area contributed by atoms with Crippen molar-refractivity contribution in [3.05, 3.63) is 16.1 Å². The Morgan fingerprint density at radius 2 is 2.00 bits per heavy atom. The quantitative estimate of drug-likeness (QED) is 0.639. The molecule has 56 valence electrons. The SMILES string of the molecule is CCc1nsc(C)c1CC. The van der Waals surface area contributed by atoms with Crippen LogP contribution in [0.25, 0.3) is 0 Å². The molecule has 0 aliphatic heterocycles. The second-order valence-electron chi connectivity index (χ2n) is 2.37. The van der Waals surface area contributed by atoms with Crippen molar-refractivity contribution in [2.45, 2.75) is 33.6 Å². The summed E-state index contributed by atoms with van der Waals surface area (Å²) in [7, 11) is 0. The number of hydrogen-bond acceptors (Lipinski definition) is 2. The Bertz CT molecular complexity index is 215. The van der Waals surface area contributed by atoms with Gasteiger partial charge in [-0.15, -0.1) is 0 Å². The van der Waals surface area contributed by atoms with E-state index >= 15 is 0 Å². The van der Waals surface area contributed by atoms with Crippen molar-refractivity contribution >= 4 is 11.5 Å². The lowest BCUT2D eigenvalue weighted by molar-refractivity contribution is 1.00. The van der Waals surface area contributed by atoms with Crippen LogP contribution in [0.15, 0.2) is 0 Å². The first kappa shape index (κ1) is 7.73. The summed E-state index contributed by atoms with van der Waals surface area (Å²) in [6, 6.07) is 0. The summed E-state index contributed by atoms with van der Waals surface area (Å²) in [6.45, 7) is 6.50. The second-order valence-corrected chi connectivity index (χ2v) is 3.35. The molecule has 0 radical (unpaired) electrons. The molecule has 0 amide bonds. The van der Waals surface area contributed by atoms with Gasteiger partial charge in [-0.3, -0.25) is 0 Å². The molecule has 0 bridgehead atoms. The highest BCUT2D eigenvalue weighted by Gasteiger charge is 2.05. The van der Waals surface area contributed by atoms with E-state index in [0.717, 1.165) is 12.8 Å². The Balaban J connectivity index is 3.01. The Labute approximate surface area is 66.3 Å². The molecule has 1 aromatic rings. The van der Waals surface area contributed by atoms with Crippen LogP contribution >= 0.6 is 11.5 Å². The average molecular weight is 155 g/mol. The molecule has 0 fully saturated rings. The number of aryl methyl sites for hydroxylation is 2. The molecule has 1 heterocycles. The van der Waals surface area contributed by atoms with E-state index in [4.69, 9.17) is 0 Å². The van der Waals surface area contributed by atoms with Gasteiger partial charge in [0.2, 0.25) is 0 Å². The van der Waals surface area contributed by atoms with Crippen LogP contribution in [0, 0.1) is 6.92 Å². The normalized spacial score (nSPS) is 10.3. The zero-order valence-electron chi connectivity index (χ0n) is 6.77. The first-order valence-corrected chi connectivity index (χ1v) is 4.51. The number of nitrogens with zero attached hydrogens (tertiary/aromatic N) is 1. The Kier molecular flexibility index (Phi) is 2.44. The minimum absolute atomic E-state index is 1.08. The average Bonchev–Trinajstić information content (AvgIpc) is 2.30. The minimum Gasteiger partial charge on any atom is -0.197 e. The highest BCUT2D eigenvalue weighted by atomic mass is 32.1. The third-order valence-corrected chi connectivity index (χ3v) is 2.59. The molecule has 10 heavy (non-hydrogen) atoms. The summed E-state index contributed by atoms with van der Waals surface area (Å²) in [5.74, 6) is 0. The fourth-order valence-corrected chi connectivity index (χ4v) is 2.03. The van der Waals surface area contributed by atoms with Gasteiger partial charge in [0.05, 0.1) is 5.69 Å². The van der Waals surface area contributed by atoms with Gasteiger partial charge in [-0.25, -0.2) is 0 Å². The Morgan fingerprint density at radius 1 is 1.30 bits per heavy atom. The maximum absolute atomic E-state index is 4.35. The van der Waals surface area contributed by atoms with Gasteiger partial charge in [0.15, 0.2) is 0 Å². The van der Waals surface area contributed by atoms with Crippen molar-refractivity contribution in [2.24, 2.45) is 0 Å². The summed E-state index contributed by atoms with van der Waals surface area (Å²) in [5, 5.41) is 0. The lowest BCUT2D eigenvalue weighted by atomic mass is 10.1. The third kappa shape index (κ3) is 1.21. The van der Waals surface area contributed by atoms with Crippen LogP contribution in [0.5, 0.6) is 0 Å². The molecule has 2 heteroatoms. The van der Waals surface area contributed by atoms with Gasteiger partial charge in [-0.2, -0.15) is 4.37 Å². The smallest absolute Gasteiger partial charge is 0.0574 e. The van der Waals surface area contributed by atoms with Crippen molar-refractivity contribution in [1.29, 1.82) is 0 Å². The largest absolute Gasteiger partial charge is 0.197 e. The van der Waals surface area contributed by atoms with E-state index in [2.05, 4.69) is 25.1 Å². The molecule has 0 spiro atoms. The van der Waals surface area contributed by atoms with E-state index < -0.39 is 0 Å². The Morgan fingerprint density at radius 3 is 2.40 bits per heavy atom. The molecular formula is C8H13NS. The molecule has 0 atom stereocenters. The number of rotatable bonds is 2. The summed E-state index contributed by atoms with van der Waals surface area (Å²) < 4.78 is 4.35. The van der Waals surface area contributed by atoms with Gasteiger partial charge in [-0.1, -0.05) is 13.8 Å². The zero-order valence-corrected chi connectivity index (χ0v) is 7.59. The monoisotopic (exact) mass is 155 g/mol. The van der Waals surface area contributed by atoms with Crippen LogP contribution in [0.3, 0.4) is 0 Å². The summed E-state index contributed by atoms with van der Waals surface area (Å²) in [6.07, 6.45) is 2.21. The maximum atomic E-state index is 4.35. The fraction of sp³-hybridized carbons (Fsp3) is 0.625. The van der Waals surface area contributed by atoms with Crippen molar-refractivity contribution in [2.75, 3.05) is 0 Å². The highest BCUT2D eigenvalue weighted by molar-refractivity contribution is 7.05.